The Morgan fingerprint density at radius 3 is 3.00 bits per heavy atom. The predicted octanol–water partition coefficient (Wildman–Crippen LogP) is 2.86. The SMILES string of the molecule is CCC(N)c1nc(Cc2cccc(Cl)c2F)no1. The van der Waals surface area contributed by atoms with Gasteiger partial charge in [-0.25, -0.2) is 4.39 Å². The third-order valence-corrected chi connectivity index (χ3v) is 2.91. The van der Waals surface area contributed by atoms with E-state index in [2.05, 4.69) is 10.1 Å². The molecule has 0 saturated heterocycles. The van der Waals surface area contributed by atoms with Crippen LogP contribution in [0.25, 0.3) is 0 Å². The summed E-state index contributed by atoms with van der Waals surface area (Å²) in [4.78, 5) is 4.13. The normalized spacial score (nSPS) is 12.7. The quantitative estimate of drug-likeness (QED) is 0.927. The topological polar surface area (TPSA) is 64.9 Å². The number of nitrogens with zero attached hydrogens (tertiary/aromatic N) is 2. The molecule has 1 aromatic heterocycles. The van der Waals surface area contributed by atoms with E-state index in [1.165, 1.54) is 6.07 Å². The molecule has 18 heavy (non-hydrogen) atoms. The molecule has 0 saturated carbocycles. The summed E-state index contributed by atoms with van der Waals surface area (Å²) < 4.78 is 18.7. The number of hydrogen-bond donors (Lipinski definition) is 1. The third kappa shape index (κ3) is 2.68. The van der Waals surface area contributed by atoms with E-state index < -0.39 is 5.82 Å². The minimum absolute atomic E-state index is 0.0847. The lowest BCUT2D eigenvalue weighted by Crippen LogP contribution is -2.09. The Labute approximate surface area is 109 Å². The Morgan fingerprint density at radius 2 is 2.28 bits per heavy atom. The lowest BCUT2D eigenvalue weighted by atomic mass is 10.1. The number of benzene rings is 1. The fourth-order valence-electron chi connectivity index (χ4n) is 1.52. The van der Waals surface area contributed by atoms with Crippen LogP contribution in [0.5, 0.6) is 0 Å². The summed E-state index contributed by atoms with van der Waals surface area (Å²) in [5, 5.41) is 3.86. The van der Waals surface area contributed by atoms with Gasteiger partial charge in [-0.15, -0.1) is 0 Å². The molecule has 1 unspecified atom stereocenters. The van der Waals surface area contributed by atoms with E-state index in [0.29, 0.717) is 23.7 Å². The summed E-state index contributed by atoms with van der Waals surface area (Å²) in [6.45, 7) is 1.92. The molecule has 2 rings (SSSR count). The highest BCUT2D eigenvalue weighted by Crippen LogP contribution is 2.20. The molecule has 6 heteroatoms. The molecule has 0 aliphatic carbocycles. The summed E-state index contributed by atoms with van der Waals surface area (Å²) in [5.74, 6) is 0.315. The summed E-state index contributed by atoms with van der Waals surface area (Å²) >= 11 is 5.70. The van der Waals surface area contributed by atoms with Crippen LogP contribution in [-0.2, 0) is 6.42 Å². The first-order chi connectivity index (χ1) is 8.61. The van der Waals surface area contributed by atoms with E-state index in [9.17, 15) is 4.39 Å². The smallest absolute Gasteiger partial charge is 0.243 e. The van der Waals surface area contributed by atoms with E-state index >= 15 is 0 Å². The second-order valence-electron chi connectivity index (χ2n) is 3.95. The molecule has 0 fully saturated rings. The lowest BCUT2D eigenvalue weighted by molar-refractivity contribution is 0.348. The van der Waals surface area contributed by atoms with Gasteiger partial charge in [0.25, 0.3) is 0 Å². The number of aromatic nitrogens is 2. The maximum atomic E-state index is 13.7. The molecular formula is C12H13ClFN3O. The maximum Gasteiger partial charge on any atom is 0.243 e. The Kier molecular flexibility index (Phi) is 3.93. The van der Waals surface area contributed by atoms with Crippen molar-refractivity contribution >= 4 is 11.6 Å². The summed E-state index contributed by atoms with van der Waals surface area (Å²) in [5.41, 5.74) is 6.19. The molecule has 0 spiro atoms. The molecule has 4 nitrogen and oxygen atoms in total. The van der Waals surface area contributed by atoms with Crippen LogP contribution in [0.1, 0.15) is 36.7 Å². The van der Waals surface area contributed by atoms with Crippen molar-refractivity contribution in [1.82, 2.24) is 10.1 Å². The molecule has 2 aromatic rings. The summed E-state index contributed by atoms with van der Waals surface area (Å²) in [6.07, 6.45) is 0.930. The van der Waals surface area contributed by atoms with Crippen molar-refractivity contribution in [1.29, 1.82) is 0 Å². The van der Waals surface area contributed by atoms with Gasteiger partial charge in [0.2, 0.25) is 5.89 Å². The van der Waals surface area contributed by atoms with Crippen LogP contribution < -0.4 is 5.73 Å². The van der Waals surface area contributed by atoms with Crippen molar-refractivity contribution in [2.75, 3.05) is 0 Å². The zero-order valence-corrected chi connectivity index (χ0v) is 10.6. The zero-order valence-electron chi connectivity index (χ0n) is 9.86. The standard InChI is InChI=1S/C12H13ClFN3O/c1-2-9(15)12-16-10(17-18-12)6-7-4-3-5-8(13)11(7)14/h3-5,9H,2,6,15H2,1H3. The van der Waals surface area contributed by atoms with Crippen LogP contribution in [0, 0.1) is 5.82 Å². The molecule has 1 atom stereocenters. The van der Waals surface area contributed by atoms with Crippen molar-refractivity contribution in [2.45, 2.75) is 25.8 Å². The van der Waals surface area contributed by atoms with Gasteiger partial charge in [0, 0.05) is 6.42 Å². The van der Waals surface area contributed by atoms with Crippen molar-refractivity contribution < 1.29 is 8.91 Å². The van der Waals surface area contributed by atoms with E-state index in [4.69, 9.17) is 21.9 Å². The zero-order chi connectivity index (χ0) is 13.1. The summed E-state index contributed by atoms with van der Waals surface area (Å²) in [7, 11) is 0. The van der Waals surface area contributed by atoms with Gasteiger partial charge >= 0.3 is 0 Å². The monoisotopic (exact) mass is 269 g/mol. The summed E-state index contributed by atoms with van der Waals surface area (Å²) in [6, 6.07) is 4.53. The van der Waals surface area contributed by atoms with Gasteiger partial charge in [0.15, 0.2) is 5.82 Å². The lowest BCUT2D eigenvalue weighted by Gasteiger charge is -2.01. The third-order valence-electron chi connectivity index (χ3n) is 2.62. The second-order valence-corrected chi connectivity index (χ2v) is 4.36. The Balaban J connectivity index is 2.19. The highest BCUT2D eigenvalue weighted by Gasteiger charge is 2.15. The average Bonchev–Trinajstić information content (AvgIpc) is 2.82. The first kappa shape index (κ1) is 13.0. The number of hydrogen-bond acceptors (Lipinski definition) is 4. The Morgan fingerprint density at radius 1 is 1.50 bits per heavy atom. The van der Waals surface area contributed by atoms with E-state index in [1.807, 2.05) is 6.92 Å². The molecule has 96 valence electrons. The number of nitrogens with two attached hydrogens (primary N) is 1. The molecule has 0 amide bonds. The Hall–Kier alpha value is -1.46. The Bertz CT molecular complexity index is 544. The minimum Gasteiger partial charge on any atom is -0.338 e. The average molecular weight is 270 g/mol. The van der Waals surface area contributed by atoms with Crippen LogP contribution in [0.3, 0.4) is 0 Å². The molecule has 0 aliphatic rings. The van der Waals surface area contributed by atoms with Crippen molar-refractivity contribution in [2.24, 2.45) is 5.73 Å². The van der Waals surface area contributed by atoms with Crippen molar-refractivity contribution in [3.05, 3.63) is 46.3 Å². The molecule has 1 heterocycles. The molecule has 2 N–H and O–H groups in total. The number of rotatable bonds is 4. The molecule has 1 aromatic carbocycles. The maximum absolute atomic E-state index is 13.7. The minimum atomic E-state index is -0.453. The fourth-order valence-corrected chi connectivity index (χ4v) is 1.71. The molecular weight excluding hydrogens is 257 g/mol. The molecule has 0 bridgehead atoms. The molecule has 0 radical (unpaired) electrons. The van der Waals surface area contributed by atoms with Gasteiger partial charge in [0.1, 0.15) is 5.82 Å². The van der Waals surface area contributed by atoms with Crippen LogP contribution in [0.15, 0.2) is 22.7 Å². The van der Waals surface area contributed by atoms with E-state index in [0.717, 1.165) is 0 Å². The van der Waals surface area contributed by atoms with Crippen molar-refractivity contribution in [3.63, 3.8) is 0 Å². The molecule has 0 aliphatic heterocycles. The van der Waals surface area contributed by atoms with Gasteiger partial charge in [-0.3, -0.25) is 0 Å². The van der Waals surface area contributed by atoms with Crippen LogP contribution >= 0.6 is 11.6 Å². The highest BCUT2D eigenvalue weighted by molar-refractivity contribution is 6.30. The largest absolute Gasteiger partial charge is 0.338 e. The first-order valence-electron chi connectivity index (χ1n) is 5.62. The second kappa shape index (κ2) is 5.46. The predicted molar refractivity (Wildman–Crippen MR) is 65.7 cm³/mol. The van der Waals surface area contributed by atoms with Gasteiger partial charge in [-0.1, -0.05) is 35.8 Å². The van der Waals surface area contributed by atoms with Crippen LogP contribution in [-0.4, -0.2) is 10.1 Å². The van der Waals surface area contributed by atoms with Gasteiger partial charge in [0.05, 0.1) is 11.1 Å². The van der Waals surface area contributed by atoms with E-state index in [-0.39, 0.29) is 17.5 Å². The number of halogens is 2. The van der Waals surface area contributed by atoms with Gasteiger partial charge in [-0.05, 0) is 18.1 Å². The van der Waals surface area contributed by atoms with Gasteiger partial charge < -0.3 is 10.3 Å². The first-order valence-corrected chi connectivity index (χ1v) is 6.00. The van der Waals surface area contributed by atoms with E-state index in [1.54, 1.807) is 12.1 Å². The van der Waals surface area contributed by atoms with Gasteiger partial charge in [-0.2, -0.15) is 4.98 Å². The fraction of sp³-hybridized carbons (Fsp3) is 0.333. The van der Waals surface area contributed by atoms with Crippen LogP contribution in [0.2, 0.25) is 5.02 Å². The van der Waals surface area contributed by atoms with Crippen LogP contribution in [0.4, 0.5) is 4.39 Å². The highest BCUT2D eigenvalue weighted by atomic mass is 35.5. The van der Waals surface area contributed by atoms with Crippen molar-refractivity contribution in [3.8, 4) is 0 Å².